The molecule has 118 valence electrons. The van der Waals surface area contributed by atoms with E-state index in [1.807, 2.05) is 6.92 Å². The van der Waals surface area contributed by atoms with Gasteiger partial charge in [0.25, 0.3) is 0 Å². The summed E-state index contributed by atoms with van der Waals surface area (Å²) in [4.78, 5) is 13.8. The summed E-state index contributed by atoms with van der Waals surface area (Å²) in [5.41, 5.74) is 1.12. The molecule has 0 saturated carbocycles. The molecule has 6 nitrogen and oxygen atoms in total. The molecule has 0 atom stereocenters. The minimum Gasteiger partial charge on any atom is -0.395 e. The van der Waals surface area contributed by atoms with E-state index >= 15 is 0 Å². The fraction of sp³-hybridized carbons (Fsp3) is 0.733. The molecular weight excluding hydrogens is 266 g/mol. The van der Waals surface area contributed by atoms with Crippen LogP contribution in [0.4, 0.5) is 11.6 Å². The average molecular weight is 293 g/mol. The van der Waals surface area contributed by atoms with Crippen molar-refractivity contribution in [1.29, 1.82) is 0 Å². The molecule has 1 aliphatic rings. The van der Waals surface area contributed by atoms with E-state index in [9.17, 15) is 0 Å². The zero-order valence-electron chi connectivity index (χ0n) is 13.4. The van der Waals surface area contributed by atoms with E-state index in [-0.39, 0.29) is 6.61 Å². The van der Waals surface area contributed by atoms with Gasteiger partial charge in [-0.3, -0.25) is 4.90 Å². The van der Waals surface area contributed by atoms with E-state index in [1.54, 1.807) is 0 Å². The summed E-state index contributed by atoms with van der Waals surface area (Å²) in [5, 5.41) is 12.4. The third-order valence-electron chi connectivity index (χ3n) is 3.88. The van der Waals surface area contributed by atoms with E-state index in [0.29, 0.717) is 0 Å². The predicted octanol–water partition coefficient (Wildman–Crippen LogP) is 1.03. The molecule has 0 unspecified atom stereocenters. The molecular formula is C15H27N5O. The minimum absolute atomic E-state index is 0.232. The number of aliphatic hydroxyl groups is 1. The highest BCUT2D eigenvalue weighted by Crippen LogP contribution is 2.24. The molecule has 2 N–H and O–H groups in total. The second-order valence-corrected chi connectivity index (χ2v) is 5.50. The molecule has 6 heteroatoms. The Hall–Kier alpha value is -1.40. The van der Waals surface area contributed by atoms with E-state index < -0.39 is 0 Å². The molecule has 2 heterocycles. The van der Waals surface area contributed by atoms with Crippen LogP contribution in [0.3, 0.4) is 0 Å². The number of hydrogen-bond donors (Lipinski definition) is 2. The quantitative estimate of drug-likeness (QED) is 0.845. The van der Waals surface area contributed by atoms with Crippen LogP contribution in [-0.4, -0.2) is 65.8 Å². The Kier molecular flexibility index (Phi) is 5.76. The third kappa shape index (κ3) is 4.04. The lowest BCUT2D eigenvalue weighted by Crippen LogP contribution is -2.33. The molecule has 1 aromatic rings. The summed E-state index contributed by atoms with van der Waals surface area (Å²) < 4.78 is 0. The molecule has 0 bridgehead atoms. The van der Waals surface area contributed by atoms with Gasteiger partial charge in [-0.1, -0.05) is 0 Å². The van der Waals surface area contributed by atoms with Crippen LogP contribution in [0.2, 0.25) is 0 Å². The van der Waals surface area contributed by atoms with Crippen LogP contribution >= 0.6 is 0 Å². The van der Waals surface area contributed by atoms with Crippen molar-refractivity contribution in [2.24, 2.45) is 0 Å². The van der Waals surface area contributed by atoms with Crippen molar-refractivity contribution in [1.82, 2.24) is 14.9 Å². The van der Waals surface area contributed by atoms with Crippen molar-refractivity contribution >= 4 is 11.6 Å². The first-order valence-corrected chi connectivity index (χ1v) is 7.83. The molecule has 0 radical (unpaired) electrons. The number of nitrogens with one attached hydrogen (secondary N) is 1. The van der Waals surface area contributed by atoms with Crippen molar-refractivity contribution in [3.05, 3.63) is 11.4 Å². The van der Waals surface area contributed by atoms with E-state index in [2.05, 4.69) is 38.9 Å². The van der Waals surface area contributed by atoms with Crippen molar-refractivity contribution < 1.29 is 5.11 Å². The third-order valence-corrected chi connectivity index (χ3v) is 3.88. The zero-order valence-corrected chi connectivity index (χ0v) is 13.4. The number of aryl methyl sites for hydroxylation is 1. The van der Waals surface area contributed by atoms with Gasteiger partial charge in [0.15, 0.2) is 0 Å². The highest BCUT2D eigenvalue weighted by Gasteiger charge is 2.19. The van der Waals surface area contributed by atoms with Crippen LogP contribution in [0.5, 0.6) is 0 Å². The number of β-amino-alcohol motifs (C(OH)–C–C–N with tert-alkyl or cyclic N) is 1. The van der Waals surface area contributed by atoms with Crippen molar-refractivity contribution in [2.45, 2.75) is 27.2 Å². The Morgan fingerprint density at radius 2 is 1.95 bits per heavy atom. The summed E-state index contributed by atoms with van der Waals surface area (Å²) in [7, 11) is 0. The van der Waals surface area contributed by atoms with Gasteiger partial charge in [-0.05, 0) is 33.7 Å². The van der Waals surface area contributed by atoms with E-state index in [0.717, 1.165) is 68.7 Å². The Balaban J connectivity index is 2.17. The molecule has 0 spiro atoms. The van der Waals surface area contributed by atoms with Gasteiger partial charge in [0.1, 0.15) is 17.5 Å². The fourth-order valence-electron chi connectivity index (χ4n) is 2.81. The Labute approximate surface area is 127 Å². The molecule has 1 saturated heterocycles. The van der Waals surface area contributed by atoms with Gasteiger partial charge in [-0.2, -0.15) is 0 Å². The first-order valence-electron chi connectivity index (χ1n) is 7.83. The summed E-state index contributed by atoms with van der Waals surface area (Å²) in [6.07, 6.45) is 1.10. The number of aliphatic hydroxyl groups excluding tert-OH is 1. The zero-order chi connectivity index (χ0) is 15.2. The topological polar surface area (TPSA) is 64.5 Å². The van der Waals surface area contributed by atoms with Crippen molar-refractivity contribution in [3.63, 3.8) is 0 Å². The standard InChI is InChI=1S/C15H27N5O/c1-4-16-14-12(2)15(18-13(3)17-14)20-7-5-6-19(8-9-20)10-11-21/h21H,4-11H2,1-3H3,(H,16,17,18). The molecule has 1 aliphatic heterocycles. The summed E-state index contributed by atoms with van der Waals surface area (Å²) in [5.74, 6) is 2.80. The van der Waals surface area contributed by atoms with Crippen LogP contribution in [-0.2, 0) is 0 Å². The summed E-state index contributed by atoms with van der Waals surface area (Å²) in [6.45, 7) is 11.9. The first-order chi connectivity index (χ1) is 10.2. The number of nitrogens with zero attached hydrogens (tertiary/aromatic N) is 4. The predicted molar refractivity (Wildman–Crippen MR) is 86.0 cm³/mol. The number of anilines is 2. The second kappa shape index (κ2) is 7.56. The average Bonchev–Trinajstić information content (AvgIpc) is 2.69. The molecule has 2 rings (SSSR count). The first kappa shape index (κ1) is 16.0. The van der Waals surface area contributed by atoms with Crippen molar-refractivity contribution in [3.8, 4) is 0 Å². The van der Waals surface area contributed by atoms with E-state index in [1.165, 1.54) is 0 Å². The monoisotopic (exact) mass is 293 g/mol. The fourth-order valence-corrected chi connectivity index (χ4v) is 2.81. The molecule has 1 fully saturated rings. The lowest BCUT2D eigenvalue weighted by Gasteiger charge is -2.25. The Morgan fingerprint density at radius 3 is 2.67 bits per heavy atom. The van der Waals surface area contributed by atoms with Crippen LogP contribution in [0.25, 0.3) is 0 Å². The van der Waals surface area contributed by atoms with Gasteiger partial charge in [-0.15, -0.1) is 0 Å². The van der Waals surface area contributed by atoms with Crippen LogP contribution < -0.4 is 10.2 Å². The molecule has 1 aromatic heterocycles. The maximum absolute atomic E-state index is 9.09. The van der Waals surface area contributed by atoms with Crippen LogP contribution in [0.1, 0.15) is 24.7 Å². The maximum atomic E-state index is 9.09. The SMILES string of the molecule is CCNc1nc(C)nc(N2CCCN(CCO)CC2)c1C. The minimum atomic E-state index is 0.232. The van der Waals surface area contributed by atoms with Crippen molar-refractivity contribution in [2.75, 3.05) is 56.1 Å². The van der Waals surface area contributed by atoms with Gasteiger partial charge in [0.2, 0.25) is 0 Å². The summed E-state index contributed by atoms with van der Waals surface area (Å²) in [6, 6.07) is 0. The molecule has 0 aliphatic carbocycles. The highest BCUT2D eigenvalue weighted by atomic mass is 16.3. The number of aromatic nitrogens is 2. The highest BCUT2D eigenvalue weighted by molar-refractivity contribution is 5.58. The van der Waals surface area contributed by atoms with Crippen LogP contribution in [0, 0.1) is 13.8 Å². The largest absolute Gasteiger partial charge is 0.395 e. The van der Waals surface area contributed by atoms with Gasteiger partial charge in [0.05, 0.1) is 6.61 Å². The van der Waals surface area contributed by atoms with E-state index in [4.69, 9.17) is 5.11 Å². The molecule has 0 aromatic carbocycles. The molecule has 0 amide bonds. The smallest absolute Gasteiger partial charge is 0.137 e. The maximum Gasteiger partial charge on any atom is 0.137 e. The van der Waals surface area contributed by atoms with Gasteiger partial charge in [-0.25, -0.2) is 9.97 Å². The number of rotatable bonds is 5. The van der Waals surface area contributed by atoms with Gasteiger partial charge in [0, 0.05) is 38.3 Å². The van der Waals surface area contributed by atoms with Gasteiger partial charge >= 0.3 is 0 Å². The Bertz CT molecular complexity index is 466. The Morgan fingerprint density at radius 1 is 1.14 bits per heavy atom. The van der Waals surface area contributed by atoms with Crippen LogP contribution in [0.15, 0.2) is 0 Å². The lowest BCUT2D eigenvalue weighted by molar-refractivity contribution is 0.204. The second-order valence-electron chi connectivity index (χ2n) is 5.50. The summed E-state index contributed by atoms with van der Waals surface area (Å²) >= 11 is 0. The molecule has 21 heavy (non-hydrogen) atoms. The number of hydrogen-bond acceptors (Lipinski definition) is 6. The lowest BCUT2D eigenvalue weighted by atomic mass is 10.2. The van der Waals surface area contributed by atoms with Gasteiger partial charge < -0.3 is 15.3 Å². The normalized spacial score (nSPS) is 16.9.